The van der Waals surface area contributed by atoms with Gasteiger partial charge in [0.2, 0.25) is 0 Å². The molecular weight excluding hydrogens is 258 g/mol. The topological polar surface area (TPSA) is 43.3 Å². The van der Waals surface area contributed by atoms with Crippen LogP contribution in [0.3, 0.4) is 0 Å². The Labute approximate surface area is 116 Å². The van der Waals surface area contributed by atoms with Crippen molar-refractivity contribution in [2.45, 2.75) is 13.5 Å². The summed E-state index contributed by atoms with van der Waals surface area (Å²) in [4.78, 5) is 4.72. The second-order valence-electron chi connectivity index (χ2n) is 4.50. The summed E-state index contributed by atoms with van der Waals surface area (Å²) in [5, 5.41) is 0.720. The van der Waals surface area contributed by atoms with Gasteiger partial charge in [-0.05, 0) is 30.7 Å². The molecule has 0 saturated carbocycles. The molecule has 0 aliphatic carbocycles. The van der Waals surface area contributed by atoms with Crippen LogP contribution in [0.1, 0.15) is 11.3 Å². The molecule has 0 radical (unpaired) electrons. The maximum absolute atomic E-state index is 5.93. The molecule has 2 heterocycles. The van der Waals surface area contributed by atoms with Gasteiger partial charge in [0.25, 0.3) is 0 Å². The molecule has 2 N–H and O–H groups in total. The van der Waals surface area contributed by atoms with E-state index in [1.165, 1.54) is 0 Å². The molecule has 3 rings (SSSR count). The average Bonchev–Trinajstić information content (AvgIpc) is 2.79. The molecular formula is C15H14ClN3. The fourth-order valence-corrected chi connectivity index (χ4v) is 2.41. The van der Waals surface area contributed by atoms with Crippen LogP contribution in [0.25, 0.3) is 16.9 Å². The SMILES string of the molecule is Cc1cccn2c(CN)c(-c3ccc(Cl)cc3)nc12. The number of rotatable bonds is 2. The lowest BCUT2D eigenvalue weighted by molar-refractivity contribution is 0.959. The molecule has 3 aromatic rings. The molecule has 96 valence electrons. The van der Waals surface area contributed by atoms with E-state index < -0.39 is 0 Å². The Balaban J connectivity index is 2.29. The highest BCUT2D eigenvalue weighted by molar-refractivity contribution is 6.30. The zero-order chi connectivity index (χ0) is 13.4. The van der Waals surface area contributed by atoms with E-state index in [1.807, 2.05) is 49.5 Å². The number of hydrogen-bond acceptors (Lipinski definition) is 2. The second-order valence-corrected chi connectivity index (χ2v) is 4.94. The van der Waals surface area contributed by atoms with E-state index in [-0.39, 0.29) is 0 Å². The van der Waals surface area contributed by atoms with Gasteiger partial charge in [-0.15, -0.1) is 0 Å². The largest absolute Gasteiger partial charge is 0.325 e. The van der Waals surface area contributed by atoms with Gasteiger partial charge in [0.05, 0.1) is 11.4 Å². The van der Waals surface area contributed by atoms with Gasteiger partial charge < -0.3 is 10.1 Å². The van der Waals surface area contributed by atoms with E-state index in [0.717, 1.165) is 33.2 Å². The molecule has 0 aliphatic rings. The number of nitrogens with zero attached hydrogens (tertiary/aromatic N) is 2. The Morgan fingerprint density at radius 1 is 1.21 bits per heavy atom. The van der Waals surface area contributed by atoms with E-state index in [1.54, 1.807) is 0 Å². The summed E-state index contributed by atoms with van der Waals surface area (Å²) in [6.45, 7) is 2.50. The lowest BCUT2D eigenvalue weighted by atomic mass is 10.1. The molecule has 0 bridgehead atoms. The molecule has 0 saturated heterocycles. The third kappa shape index (κ3) is 2.01. The Kier molecular flexibility index (Phi) is 3.01. The minimum Gasteiger partial charge on any atom is -0.325 e. The number of halogens is 1. The number of nitrogens with two attached hydrogens (primary N) is 1. The predicted octanol–water partition coefficient (Wildman–Crippen LogP) is 3.42. The zero-order valence-electron chi connectivity index (χ0n) is 10.6. The predicted molar refractivity (Wildman–Crippen MR) is 78.3 cm³/mol. The Bertz CT molecular complexity index is 729. The summed E-state index contributed by atoms with van der Waals surface area (Å²) in [7, 11) is 0. The third-order valence-electron chi connectivity index (χ3n) is 3.26. The Morgan fingerprint density at radius 3 is 2.63 bits per heavy atom. The van der Waals surface area contributed by atoms with E-state index in [4.69, 9.17) is 22.3 Å². The number of imidazole rings is 1. The highest BCUT2D eigenvalue weighted by Gasteiger charge is 2.13. The van der Waals surface area contributed by atoms with Crippen molar-refractivity contribution in [1.82, 2.24) is 9.38 Å². The van der Waals surface area contributed by atoms with E-state index in [0.29, 0.717) is 6.54 Å². The fourth-order valence-electron chi connectivity index (χ4n) is 2.29. The van der Waals surface area contributed by atoms with Crippen molar-refractivity contribution < 1.29 is 0 Å². The second kappa shape index (κ2) is 4.68. The molecule has 2 aromatic heterocycles. The normalized spacial score (nSPS) is 11.1. The van der Waals surface area contributed by atoms with Crippen molar-refractivity contribution in [3.63, 3.8) is 0 Å². The molecule has 0 spiro atoms. The van der Waals surface area contributed by atoms with Crippen LogP contribution in [0, 0.1) is 6.92 Å². The summed E-state index contributed by atoms with van der Waals surface area (Å²) in [6.07, 6.45) is 2.00. The smallest absolute Gasteiger partial charge is 0.140 e. The van der Waals surface area contributed by atoms with Gasteiger partial charge in [-0.25, -0.2) is 4.98 Å². The van der Waals surface area contributed by atoms with Crippen LogP contribution < -0.4 is 5.73 Å². The minimum absolute atomic E-state index is 0.447. The number of fused-ring (bicyclic) bond motifs is 1. The number of benzene rings is 1. The number of pyridine rings is 1. The van der Waals surface area contributed by atoms with Crippen molar-refractivity contribution in [2.24, 2.45) is 5.73 Å². The van der Waals surface area contributed by atoms with Gasteiger partial charge in [-0.2, -0.15) is 0 Å². The molecule has 0 aliphatic heterocycles. The Morgan fingerprint density at radius 2 is 1.95 bits per heavy atom. The van der Waals surface area contributed by atoms with Crippen LogP contribution in [0.5, 0.6) is 0 Å². The lowest BCUT2D eigenvalue weighted by Crippen LogP contribution is -2.02. The molecule has 0 fully saturated rings. The van der Waals surface area contributed by atoms with Crippen molar-refractivity contribution in [3.05, 3.63) is 58.9 Å². The van der Waals surface area contributed by atoms with E-state index in [9.17, 15) is 0 Å². The van der Waals surface area contributed by atoms with Gasteiger partial charge >= 0.3 is 0 Å². The summed E-state index contributed by atoms with van der Waals surface area (Å²) in [6, 6.07) is 11.7. The Hall–Kier alpha value is -1.84. The van der Waals surface area contributed by atoms with Gasteiger partial charge in [-0.3, -0.25) is 0 Å². The number of aryl methyl sites for hydroxylation is 1. The average molecular weight is 272 g/mol. The van der Waals surface area contributed by atoms with Crippen LogP contribution >= 0.6 is 11.6 Å². The first-order valence-corrected chi connectivity index (χ1v) is 6.51. The standard InChI is InChI=1S/C15H14ClN3/c1-10-3-2-8-19-13(9-17)14(18-15(10)19)11-4-6-12(16)7-5-11/h2-8H,9,17H2,1H3. The van der Waals surface area contributed by atoms with E-state index in [2.05, 4.69) is 4.40 Å². The van der Waals surface area contributed by atoms with Gasteiger partial charge in [0.1, 0.15) is 5.65 Å². The van der Waals surface area contributed by atoms with Crippen molar-refractivity contribution in [3.8, 4) is 11.3 Å². The quantitative estimate of drug-likeness (QED) is 0.776. The molecule has 19 heavy (non-hydrogen) atoms. The highest BCUT2D eigenvalue weighted by atomic mass is 35.5. The molecule has 0 amide bonds. The maximum atomic E-state index is 5.93. The van der Waals surface area contributed by atoms with Crippen LogP contribution in [0.2, 0.25) is 5.02 Å². The van der Waals surface area contributed by atoms with Crippen LogP contribution in [-0.4, -0.2) is 9.38 Å². The summed E-state index contributed by atoms with van der Waals surface area (Å²) >= 11 is 5.93. The summed E-state index contributed by atoms with van der Waals surface area (Å²) in [5.74, 6) is 0. The lowest BCUT2D eigenvalue weighted by Gasteiger charge is -2.02. The number of hydrogen-bond donors (Lipinski definition) is 1. The first-order chi connectivity index (χ1) is 9.20. The summed E-state index contributed by atoms with van der Waals surface area (Å²) < 4.78 is 2.05. The van der Waals surface area contributed by atoms with Gasteiger partial charge in [0, 0.05) is 23.3 Å². The minimum atomic E-state index is 0.447. The fraction of sp³-hybridized carbons (Fsp3) is 0.133. The number of aromatic nitrogens is 2. The van der Waals surface area contributed by atoms with Crippen molar-refractivity contribution in [2.75, 3.05) is 0 Å². The first-order valence-electron chi connectivity index (χ1n) is 6.13. The maximum Gasteiger partial charge on any atom is 0.140 e. The molecule has 0 unspecified atom stereocenters. The monoisotopic (exact) mass is 271 g/mol. The molecule has 1 aromatic carbocycles. The van der Waals surface area contributed by atoms with Crippen LogP contribution in [-0.2, 0) is 6.54 Å². The molecule has 4 heteroatoms. The van der Waals surface area contributed by atoms with Crippen molar-refractivity contribution in [1.29, 1.82) is 0 Å². The van der Waals surface area contributed by atoms with Gasteiger partial charge in [0.15, 0.2) is 0 Å². The van der Waals surface area contributed by atoms with E-state index >= 15 is 0 Å². The van der Waals surface area contributed by atoms with Crippen LogP contribution in [0.4, 0.5) is 0 Å². The van der Waals surface area contributed by atoms with Crippen LogP contribution in [0.15, 0.2) is 42.6 Å². The highest BCUT2D eigenvalue weighted by Crippen LogP contribution is 2.26. The first kappa shape index (κ1) is 12.2. The third-order valence-corrected chi connectivity index (χ3v) is 3.51. The molecule has 0 atom stereocenters. The zero-order valence-corrected chi connectivity index (χ0v) is 11.4. The van der Waals surface area contributed by atoms with Gasteiger partial charge in [-0.1, -0.05) is 29.8 Å². The summed E-state index contributed by atoms with van der Waals surface area (Å²) in [5.41, 5.74) is 11.0. The van der Waals surface area contributed by atoms with Crippen molar-refractivity contribution >= 4 is 17.2 Å². The molecule has 3 nitrogen and oxygen atoms in total.